The van der Waals surface area contributed by atoms with Gasteiger partial charge >= 0.3 is 0 Å². The minimum absolute atomic E-state index is 1.14. The predicted octanol–water partition coefficient (Wildman–Crippen LogP) is 0.0359. The van der Waals surface area contributed by atoms with Crippen LogP contribution < -0.4 is 10.4 Å². The van der Waals surface area contributed by atoms with E-state index in [-0.39, 0.29) is 0 Å². The second kappa shape index (κ2) is 3.30. The van der Waals surface area contributed by atoms with Crippen LogP contribution in [0.25, 0.3) is 20.2 Å². The number of hydrogen-bond donors (Lipinski definition) is 0. The van der Waals surface area contributed by atoms with Gasteiger partial charge in [0.25, 0.3) is 0 Å². The van der Waals surface area contributed by atoms with Crippen molar-refractivity contribution in [2.24, 2.45) is 0 Å². The molecule has 0 amide bonds. The molecule has 0 aliphatic rings. The molecule has 1 aromatic heterocycles. The van der Waals surface area contributed by atoms with Crippen molar-refractivity contribution in [1.82, 2.24) is 0 Å². The van der Waals surface area contributed by atoms with Crippen LogP contribution in [0.4, 0.5) is 0 Å². The van der Waals surface area contributed by atoms with Crippen molar-refractivity contribution in [2.45, 2.75) is 0 Å². The fourth-order valence-electron chi connectivity index (χ4n) is 2.12. The van der Waals surface area contributed by atoms with E-state index in [9.17, 15) is 0 Å². The van der Waals surface area contributed by atoms with Gasteiger partial charge in [-0.15, -0.1) is 11.3 Å². The maximum Gasteiger partial charge on any atom is 0.0393 e. The third-order valence-electron chi connectivity index (χ3n) is 2.86. The molecule has 0 bridgehead atoms. The van der Waals surface area contributed by atoms with Gasteiger partial charge in [0.1, 0.15) is 0 Å². The maximum absolute atomic E-state index is 2.38. The summed E-state index contributed by atoms with van der Waals surface area (Å²) in [5, 5.41) is 6.02. The van der Waals surface area contributed by atoms with E-state index in [1.807, 2.05) is 11.3 Å². The summed E-state index contributed by atoms with van der Waals surface area (Å²) in [6.45, 7) is 0. The molecule has 0 saturated heterocycles. The van der Waals surface area contributed by atoms with Gasteiger partial charge in [0.15, 0.2) is 0 Å². The molecule has 3 aromatic rings. The average Bonchev–Trinajstić information content (AvgIpc) is 2.57. The fraction of sp³-hybridized carbons (Fsp3) is 0. The second-order valence-electron chi connectivity index (χ2n) is 4.05. The standard InChI is InChI=1S/C12H12SSi2/c14-7-4-5-9-8(6-7)12-10(13-9)2-1-3-11(12)15/h1-6H,14-15H3. The van der Waals surface area contributed by atoms with Crippen molar-refractivity contribution < 1.29 is 0 Å². The zero-order valence-electron chi connectivity index (χ0n) is 8.87. The van der Waals surface area contributed by atoms with Gasteiger partial charge in [0.05, 0.1) is 0 Å². The van der Waals surface area contributed by atoms with E-state index in [1.165, 1.54) is 30.5 Å². The van der Waals surface area contributed by atoms with Gasteiger partial charge in [-0.2, -0.15) is 0 Å². The molecule has 0 aliphatic heterocycles. The Labute approximate surface area is 98.8 Å². The van der Waals surface area contributed by atoms with Crippen LogP contribution in [0.5, 0.6) is 0 Å². The molecule has 0 nitrogen and oxygen atoms in total. The van der Waals surface area contributed by atoms with Crippen LogP contribution >= 0.6 is 11.3 Å². The van der Waals surface area contributed by atoms with E-state index in [0.29, 0.717) is 0 Å². The second-order valence-corrected chi connectivity index (χ2v) is 7.37. The monoisotopic (exact) mass is 244 g/mol. The summed E-state index contributed by atoms with van der Waals surface area (Å²) in [6.07, 6.45) is 0. The maximum atomic E-state index is 2.38. The summed E-state index contributed by atoms with van der Waals surface area (Å²) < 4.78 is 2.89. The molecule has 0 spiro atoms. The lowest BCUT2D eigenvalue weighted by molar-refractivity contribution is 1.92. The zero-order chi connectivity index (χ0) is 10.4. The largest absolute Gasteiger partial charge is 0.135 e. The van der Waals surface area contributed by atoms with Crippen molar-refractivity contribution in [1.29, 1.82) is 0 Å². The van der Waals surface area contributed by atoms with Crippen molar-refractivity contribution >= 4 is 62.4 Å². The lowest BCUT2D eigenvalue weighted by atomic mass is 10.1. The SMILES string of the molecule is [SiH3]c1ccc2sc3cccc([SiH3])c3c2c1. The Kier molecular flexibility index (Phi) is 2.05. The van der Waals surface area contributed by atoms with E-state index in [2.05, 4.69) is 36.4 Å². The molecule has 0 unspecified atom stereocenters. The Morgan fingerprint density at radius 2 is 1.80 bits per heavy atom. The molecule has 0 N–H and O–H groups in total. The Morgan fingerprint density at radius 1 is 0.933 bits per heavy atom. The van der Waals surface area contributed by atoms with Gasteiger partial charge in [-0.3, -0.25) is 0 Å². The Bertz CT molecular complexity index is 655. The first-order valence-corrected chi connectivity index (χ1v) is 7.96. The highest BCUT2D eigenvalue weighted by Crippen LogP contribution is 2.31. The molecule has 0 aliphatic carbocycles. The minimum atomic E-state index is 1.14. The van der Waals surface area contributed by atoms with Crippen LogP contribution in [0, 0.1) is 0 Å². The Hall–Kier alpha value is -0.906. The quantitative estimate of drug-likeness (QED) is 0.490. The van der Waals surface area contributed by atoms with Gasteiger partial charge in [0.2, 0.25) is 0 Å². The summed E-state index contributed by atoms with van der Waals surface area (Å²) in [5.41, 5.74) is 0. The van der Waals surface area contributed by atoms with Gasteiger partial charge in [-0.1, -0.05) is 34.6 Å². The smallest absolute Gasteiger partial charge is 0.0393 e. The van der Waals surface area contributed by atoms with Crippen LogP contribution in [-0.4, -0.2) is 20.5 Å². The molecule has 0 fully saturated rings. The van der Waals surface area contributed by atoms with Gasteiger partial charge in [-0.05, 0) is 22.9 Å². The summed E-state index contributed by atoms with van der Waals surface area (Å²) in [5.74, 6) is 0. The zero-order valence-corrected chi connectivity index (χ0v) is 13.7. The molecule has 15 heavy (non-hydrogen) atoms. The van der Waals surface area contributed by atoms with Crippen LogP contribution in [-0.2, 0) is 0 Å². The van der Waals surface area contributed by atoms with Crippen molar-refractivity contribution in [2.75, 3.05) is 0 Å². The first-order chi connectivity index (χ1) is 7.25. The molecule has 0 radical (unpaired) electrons. The van der Waals surface area contributed by atoms with Crippen LogP contribution in [0.2, 0.25) is 0 Å². The highest BCUT2D eigenvalue weighted by molar-refractivity contribution is 7.26. The average molecular weight is 244 g/mol. The van der Waals surface area contributed by atoms with E-state index < -0.39 is 0 Å². The molecule has 0 saturated carbocycles. The molecule has 0 atom stereocenters. The van der Waals surface area contributed by atoms with Crippen LogP contribution in [0.1, 0.15) is 0 Å². The highest BCUT2D eigenvalue weighted by Gasteiger charge is 2.06. The van der Waals surface area contributed by atoms with E-state index >= 15 is 0 Å². The number of thiophene rings is 1. The van der Waals surface area contributed by atoms with Gasteiger partial charge < -0.3 is 0 Å². The first kappa shape index (κ1) is 9.33. The van der Waals surface area contributed by atoms with Gasteiger partial charge in [0, 0.05) is 29.9 Å². The first-order valence-electron chi connectivity index (χ1n) is 5.14. The summed E-state index contributed by atoms with van der Waals surface area (Å²) in [4.78, 5) is 0. The van der Waals surface area contributed by atoms with E-state index in [4.69, 9.17) is 0 Å². The van der Waals surface area contributed by atoms with E-state index in [1.54, 1.807) is 0 Å². The van der Waals surface area contributed by atoms with Crippen molar-refractivity contribution in [3.63, 3.8) is 0 Å². The summed E-state index contributed by atoms with van der Waals surface area (Å²) in [6, 6.07) is 13.6. The van der Waals surface area contributed by atoms with Crippen molar-refractivity contribution in [3.8, 4) is 0 Å². The molecule has 3 rings (SSSR count). The van der Waals surface area contributed by atoms with E-state index in [0.717, 1.165) is 20.5 Å². The lowest BCUT2D eigenvalue weighted by Crippen LogP contribution is -2.03. The fourth-order valence-corrected chi connectivity index (χ4v) is 4.65. The van der Waals surface area contributed by atoms with Gasteiger partial charge in [-0.25, -0.2) is 0 Å². The third kappa shape index (κ3) is 1.39. The summed E-state index contributed by atoms with van der Waals surface area (Å²) in [7, 11) is 2.28. The van der Waals surface area contributed by atoms with Crippen molar-refractivity contribution in [3.05, 3.63) is 36.4 Å². The highest BCUT2D eigenvalue weighted by atomic mass is 32.1. The third-order valence-corrected chi connectivity index (χ3v) is 5.45. The number of rotatable bonds is 0. The minimum Gasteiger partial charge on any atom is -0.135 e. The lowest BCUT2D eigenvalue weighted by Gasteiger charge is -1.97. The molecule has 1 heterocycles. The molecular formula is C12H12SSi2. The van der Waals surface area contributed by atoms with Crippen LogP contribution in [0.3, 0.4) is 0 Å². The topological polar surface area (TPSA) is 0 Å². The van der Waals surface area contributed by atoms with Crippen LogP contribution in [0.15, 0.2) is 36.4 Å². The normalized spacial score (nSPS) is 11.7. The molecular weight excluding hydrogens is 232 g/mol. The number of fused-ring (bicyclic) bond motifs is 3. The molecule has 2 aromatic carbocycles. The number of hydrogen-bond acceptors (Lipinski definition) is 1. The number of benzene rings is 2. The molecule has 3 heteroatoms. The Balaban J connectivity index is 2.61. The molecule has 74 valence electrons. The summed E-state index contributed by atoms with van der Waals surface area (Å²) >= 11 is 1.92. The Morgan fingerprint density at radius 3 is 2.67 bits per heavy atom. The predicted molar refractivity (Wildman–Crippen MR) is 78.5 cm³/mol.